The van der Waals surface area contributed by atoms with Gasteiger partial charge in [-0.1, -0.05) is 42.0 Å². The highest BCUT2D eigenvalue weighted by atomic mass is 16.2. The quantitative estimate of drug-likeness (QED) is 0.937. The lowest BCUT2D eigenvalue weighted by molar-refractivity contribution is -0.117. The Bertz CT molecular complexity index is 766. The monoisotopic (exact) mass is 322 g/mol. The molecule has 0 radical (unpaired) electrons. The van der Waals surface area contributed by atoms with Crippen molar-refractivity contribution in [3.63, 3.8) is 0 Å². The molecule has 3 rings (SSSR count). The molecule has 0 aliphatic carbocycles. The van der Waals surface area contributed by atoms with Crippen LogP contribution >= 0.6 is 0 Å². The number of benzene rings is 2. The summed E-state index contributed by atoms with van der Waals surface area (Å²) in [5.41, 5.74) is 5.07. The molecule has 2 aromatic rings. The van der Waals surface area contributed by atoms with Gasteiger partial charge in [-0.05, 0) is 37.0 Å². The van der Waals surface area contributed by atoms with E-state index in [2.05, 4.69) is 29.6 Å². The molecule has 0 saturated heterocycles. The Hall–Kier alpha value is -2.62. The number of para-hydroxylation sites is 1. The van der Waals surface area contributed by atoms with Gasteiger partial charge < -0.3 is 10.2 Å². The van der Waals surface area contributed by atoms with Gasteiger partial charge >= 0.3 is 0 Å². The van der Waals surface area contributed by atoms with Crippen LogP contribution in [0.25, 0.3) is 0 Å². The number of aryl methyl sites for hydroxylation is 2. The summed E-state index contributed by atoms with van der Waals surface area (Å²) in [5, 5.41) is 2.98. The molecule has 2 amide bonds. The molecule has 1 heterocycles. The number of rotatable bonds is 4. The topological polar surface area (TPSA) is 49.4 Å². The van der Waals surface area contributed by atoms with Crippen molar-refractivity contribution in [1.82, 2.24) is 0 Å². The fourth-order valence-corrected chi connectivity index (χ4v) is 3.10. The Kier molecular flexibility index (Phi) is 4.65. The second-order valence-corrected chi connectivity index (χ2v) is 6.27. The molecule has 124 valence electrons. The van der Waals surface area contributed by atoms with Crippen molar-refractivity contribution in [3.05, 3.63) is 59.2 Å². The molecule has 2 aromatic carbocycles. The van der Waals surface area contributed by atoms with E-state index in [0.29, 0.717) is 19.4 Å². The van der Waals surface area contributed by atoms with Crippen LogP contribution in [0.3, 0.4) is 0 Å². The molecular weight excluding hydrogens is 300 g/mol. The molecule has 0 atom stereocenters. The molecule has 0 spiro atoms. The molecule has 1 N–H and O–H groups in total. The van der Waals surface area contributed by atoms with Crippen LogP contribution in [0.2, 0.25) is 0 Å². The molecule has 1 aliphatic rings. The third-order valence-electron chi connectivity index (χ3n) is 4.41. The fraction of sp³-hybridized carbons (Fsp3) is 0.300. The zero-order valence-corrected chi connectivity index (χ0v) is 14.1. The number of amides is 2. The van der Waals surface area contributed by atoms with Crippen molar-refractivity contribution in [3.8, 4) is 0 Å². The van der Waals surface area contributed by atoms with Crippen LogP contribution < -0.4 is 10.2 Å². The summed E-state index contributed by atoms with van der Waals surface area (Å²) in [7, 11) is 0. The minimum Gasteiger partial charge on any atom is -0.324 e. The molecule has 0 saturated carbocycles. The number of carbonyl (C=O) groups excluding carboxylic acids is 2. The smallest absolute Gasteiger partial charge is 0.224 e. The Morgan fingerprint density at radius 2 is 1.88 bits per heavy atom. The van der Waals surface area contributed by atoms with E-state index in [0.717, 1.165) is 28.9 Å². The lowest BCUT2D eigenvalue weighted by Crippen LogP contribution is -2.27. The van der Waals surface area contributed by atoms with E-state index in [-0.39, 0.29) is 11.8 Å². The van der Waals surface area contributed by atoms with Gasteiger partial charge in [0.15, 0.2) is 0 Å². The predicted octanol–water partition coefficient (Wildman–Crippen LogP) is 3.48. The van der Waals surface area contributed by atoms with E-state index in [9.17, 15) is 9.59 Å². The van der Waals surface area contributed by atoms with Crippen LogP contribution in [-0.2, 0) is 22.4 Å². The lowest BCUT2D eigenvalue weighted by atomic mass is 10.1. The van der Waals surface area contributed by atoms with Gasteiger partial charge in [0, 0.05) is 19.9 Å². The van der Waals surface area contributed by atoms with E-state index >= 15 is 0 Å². The summed E-state index contributed by atoms with van der Waals surface area (Å²) < 4.78 is 0. The van der Waals surface area contributed by atoms with Gasteiger partial charge in [-0.25, -0.2) is 0 Å². The zero-order chi connectivity index (χ0) is 17.1. The Labute approximate surface area is 142 Å². The van der Waals surface area contributed by atoms with Crippen molar-refractivity contribution in [2.75, 3.05) is 16.8 Å². The molecule has 0 unspecified atom stereocenters. The summed E-state index contributed by atoms with van der Waals surface area (Å²) in [4.78, 5) is 25.9. The van der Waals surface area contributed by atoms with E-state index in [1.807, 2.05) is 25.1 Å². The molecule has 4 nitrogen and oxygen atoms in total. The van der Waals surface area contributed by atoms with Gasteiger partial charge in [0.2, 0.25) is 11.8 Å². The number of fused-ring (bicyclic) bond motifs is 1. The second-order valence-electron chi connectivity index (χ2n) is 6.27. The molecule has 0 bridgehead atoms. The van der Waals surface area contributed by atoms with Crippen LogP contribution in [-0.4, -0.2) is 18.4 Å². The molecule has 0 fully saturated rings. The molecule has 4 heteroatoms. The van der Waals surface area contributed by atoms with Gasteiger partial charge in [0.25, 0.3) is 0 Å². The summed E-state index contributed by atoms with van der Waals surface area (Å²) in [6, 6.07) is 14.0. The fourth-order valence-electron chi connectivity index (χ4n) is 3.10. The highest BCUT2D eigenvalue weighted by Gasteiger charge is 2.25. The molecular formula is C20H22N2O2. The predicted molar refractivity (Wildman–Crippen MR) is 96.3 cm³/mol. The van der Waals surface area contributed by atoms with E-state index in [1.165, 1.54) is 5.56 Å². The first kappa shape index (κ1) is 16.2. The summed E-state index contributed by atoms with van der Waals surface area (Å²) in [5.74, 6) is -0.0190. The standard InChI is InChI=1S/C20H22N2O2/c1-14-6-8-16(9-7-14)10-11-19(24)21-18-5-3-4-17-12-13-22(15(2)23)20(17)18/h3-9H,10-13H2,1-2H3,(H,21,24). The van der Waals surface area contributed by atoms with Gasteiger partial charge in [-0.15, -0.1) is 0 Å². The van der Waals surface area contributed by atoms with E-state index < -0.39 is 0 Å². The largest absolute Gasteiger partial charge is 0.324 e. The first-order valence-corrected chi connectivity index (χ1v) is 8.30. The van der Waals surface area contributed by atoms with Gasteiger partial charge in [-0.3, -0.25) is 9.59 Å². The lowest BCUT2D eigenvalue weighted by Gasteiger charge is -2.19. The minimum atomic E-state index is -0.0284. The maximum Gasteiger partial charge on any atom is 0.224 e. The van der Waals surface area contributed by atoms with Crippen molar-refractivity contribution in [1.29, 1.82) is 0 Å². The van der Waals surface area contributed by atoms with E-state index in [1.54, 1.807) is 11.8 Å². The molecule has 0 aromatic heterocycles. The number of hydrogen-bond acceptors (Lipinski definition) is 2. The summed E-state index contributed by atoms with van der Waals surface area (Å²) in [6.07, 6.45) is 1.96. The van der Waals surface area contributed by atoms with E-state index in [4.69, 9.17) is 0 Å². The van der Waals surface area contributed by atoms with Gasteiger partial charge in [0.1, 0.15) is 0 Å². The van der Waals surface area contributed by atoms with Crippen LogP contribution in [0.5, 0.6) is 0 Å². The maximum atomic E-state index is 12.3. The van der Waals surface area contributed by atoms with Gasteiger partial charge in [0.05, 0.1) is 11.4 Å². The van der Waals surface area contributed by atoms with Crippen LogP contribution in [0, 0.1) is 6.92 Å². The Morgan fingerprint density at radius 3 is 2.58 bits per heavy atom. The molecule has 1 aliphatic heterocycles. The SMILES string of the molecule is CC(=O)N1CCc2cccc(NC(=O)CCc3ccc(C)cc3)c21. The zero-order valence-electron chi connectivity index (χ0n) is 14.1. The Morgan fingerprint density at radius 1 is 1.12 bits per heavy atom. The summed E-state index contributed by atoms with van der Waals surface area (Å²) in [6.45, 7) is 4.29. The first-order chi connectivity index (χ1) is 11.5. The van der Waals surface area contributed by atoms with Crippen LogP contribution in [0.15, 0.2) is 42.5 Å². The maximum absolute atomic E-state index is 12.3. The number of hydrogen-bond donors (Lipinski definition) is 1. The average Bonchev–Trinajstić information content (AvgIpc) is 3.00. The second kappa shape index (κ2) is 6.87. The first-order valence-electron chi connectivity index (χ1n) is 8.30. The number of nitrogens with one attached hydrogen (secondary N) is 1. The van der Waals surface area contributed by atoms with Crippen LogP contribution in [0.4, 0.5) is 11.4 Å². The number of nitrogens with zero attached hydrogens (tertiary/aromatic N) is 1. The van der Waals surface area contributed by atoms with Crippen molar-refractivity contribution in [2.24, 2.45) is 0 Å². The highest BCUT2D eigenvalue weighted by Crippen LogP contribution is 2.35. The van der Waals surface area contributed by atoms with Crippen molar-refractivity contribution in [2.45, 2.75) is 33.1 Å². The Balaban J connectivity index is 1.68. The van der Waals surface area contributed by atoms with Crippen molar-refractivity contribution >= 4 is 23.2 Å². The normalized spacial score (nSPS) is 12.8. The highest BCUT2D eigenvalue weighted by molar-refractivity contribution is 6.02. The molecule has 24 heavy (non-hydrogen) atoms. The van der Waals surface area contributed by atoms with Gasteiger partial charge in [-0.2, -0.15) is 0 Å². The number of carbonyl (C=O) groups is 2. The average molecular weight is 322 g/mol. The third-order valence-corrected chi connectivity index (χ3v) is 4.41. The van der Waals surface area contributed by atoms with Crippen molar-refractivity contribution < 1.29 is 9.59 Å². The minimum absolute atomic E-state index is 0.00936. The third kappa shape index (κ3) is 3.48. The number of anilines is 2. The summed E-state index contributed by atoms with van der Waals surface area (Å²) >= 11 is 0. The van der Waals surface area contributed by atoms with Crippen LogP contribution in [0.1, 0.15) is 30.0 Å².